The monoisotopic (exact) mass is 368 g/mol. The summed E-state index contributed by atoms with van der Waals surface area (Å²) >= 11 is 0. The Morgan fingerprint density at radius 3 is 2.89 bits per heavy atom. The fourth-order valence-electron chi connectivity index (χ4n) is 3.98. The molecular formula is C21H28N4O2. The van der Waals surface area contributed by atoms with Crippen molar-refractivity contribution < 1.29 is 9.47 Å². The largest absolute Gasteiger partial charge is 0.377 e. The minimum atomic E-state index is -0.198. The summed E-state index contributed by atoms with van der Waals surface area (Å²) in [5, 5.41) is 11.7. The van der Waals surface area contributed by atoms with Crippen LogP contribution in [0, 0.1) is 12.8 Å². The van der Waals surface area contributed by atoms with E-state index in [0.717, 1.165) is 57.3 Å². The maximum Gasteiger partial charge on any atom is 0.148 e. The number of benzene rings is 1. The van der Waals surface area contributed by atoms with Crippen molar-refractivity contribution in [3.63, 3.8) is 0 Å². The van der Waals surface area contributed by atoms with Crippen LogP contribution >= 0.6 is 0 Å². The third kappa shape index (κ3) is 4.83. The highest BCUT2D eigenvalue weighted by atomic mass is 16.5. The van der Waals surface area contributed by atoms with Crippen LogP contribution in [0.4, 0.5) is 5.82 Å². The Morgan fingerprint density at radius 2 is 2.07 bits per heavy atom. The molecular weight excluding hydrogens is 340 g/mol. The number of aromatic nitrogens is 2. The maximum atomic E-state index is 6.31. The Bertz CT molecular complexity index is 725. The molecule has 1 N–H and O–H groups in total. The smallest absolute Gasteiger partial charge is 0.148 e. The van der Waals surface area contributed by atoms with Crippen molar-refractivity contribution in [2.24, 2.45) is 5.92 Å². The molecule has 0 aliphatic carbocycles. The number of hydrogen-bond acceptors (Lipinski definition) is 6. The van der Waals surface area contributed by atoms with Gasteiger partial charge in [-0.1, -0.05) is 30.3 Å². The third-order valence-corrected chi connectivity index (χ3v) is 5.33. The zero-order valence-electron chi connectivity index (χ0n) is 15.9. The first-order valence-corrected chi connectivity index (χ1v) is 9.73. The van der Waals surface area contributed by atoms with E-state index in [9.17, 15) is 0 Å². The highest BCUT2D eigenvalue weighted by Crippen LogP contribution is 2.33. The predicted octanol–water partition coefficient (Wildman–Crippen LogP) is 2.50. The molecule has 3 heterocycles. The van der Waals surface area contributed by atoms with Gasteiger partial charge in [0.2, 0.25) is 0 Å². The van der Waals surface area contributed by atoms with Crippen molar-refractivity contribution >= 4 is 5.82 Å². The normalized spacial score (nSPS) is 26.2. The van der Waals surface area contributed by atoms with E-state index in [0.29, 0.717) is 12.5 Å². The lowest BCUT2D eigenvalue weighted by atomic mass is 9.94. The van der Waals surface area contributed by atoms with Gasteiger partial charge in [0, 0.05) is 32.1 Å². The molecule has 0 bridgehead atoms. The lowest BCUT2D eigenvalue weighted by Crippen LogP contribution is -2.43. The van der Waals surface area contributed by atoms with Crippen LogP contribution in [-0.4, -0.2) is 60.2 Å². The number of ether oxygens (including phenoxy) is 2. The standard InChI is InChI=1S/C21H28N4O2/c1-17-7-8-20(24-23-17)22-12-19-11-21(27-14-19)15-25(9-10-26-16-21)13-18-5-3-2-4-6-18/h2-8,19H,9-16H2,1H3,(H,22,24)/t19-,21-/m0/s1. The fourth-order valence-corrected chi connectivity index (χ4v) is 3.98. The summed E-state index contributed by atoms with van der Waals surface area (Å²) in [6, 6.07) is 14.6. The van der Waals surface area contributed by atoms with Gasteiger partial charge in [-0.05, 0) is 31.0 Å². The summed E-state index contributed by atoms with van der Waals surface area (Å²) < 4.78 is 12.2. The van der Waals surface area contributed by atoms with Gasteiger partial charge in [-0.15, -0.1) is 5.10 Å². The number of aryl methyl sites for hydroxylation is 1. The van der Waals surface area contributed by atoms with Crippen LogP contribution in [0.3, 0.4) is 0 Å². The van der Waals surface area contributed by atoms with Crippen LogP contribution in [0.15, 0.2) is 42.5 Å². The zero-order chi connectivity index (χ0) is 18.5. The van der Waals surface area contributed by atoms with Crippen molar-refractivity contribution in [2.45, 2.75) is 25.5 Å². The number of nitrogens with zero attached hydrogens (tertiary/aromatic N) is 3. The molecule has 0 unspecified atom stereocenters. The van der Waals surface area contributed by atoms with Crippen LogP contribution in [0.1, 0.15) is 17.7 Å². The van der Waals surface area contributed by atoms with E-state index in [1.807, 2.05) is 19.1 Å². The summed E-state index contributed by atoms with van der Waals surface area (Å²) in [5.74, 6) is 1.28. The molecule has 2 atom stereocenters. The van der Waals surface area contributed by atoms with Gasteiger partial charge in [0.25, 0.3) is 0 Å². The highest BCUT2D eigenvalue weighted by Gasteiger charge is 2.43. The van der Waals surface area contributed by atoms with E-state index >= 15 is 0 Å². The molecule has 0 amide bonds. The summed E-state index contributed by atoms with van der Waals surface area (Å²) in [5.41, 5.74) is 2.07. The first kappa shape index (κ1) is 18.3. The topological polar surface area (TPSA) is 59.5 Å². The van der Waals surface area contributed by atoms with Crippen molar-refractivity contribution in [1.82, 2.24) is 15.1 Å². The lowest BCUT2D eigenvalue weighted by Gasteiger charge is -2.31. The van der Waals surface area contributed by atoms with E-state index in [1.165, 1.54) is 5.56 Å². The van der Waals surface area contributed by atoms with Crippen LogP contribution in [0.5, 0.6) is 0 Å². The van der Waals surface area contributed by atoms with Crippen molar-refractivity contribution in [2.75, 3.05) is 44.8 Å². The number of nitrogens with one attached hydrogen (secondary N) is 1. The predicted molar refractivity (Wildman–Crippen MR) is 105 cm³/mol. The number of rotatable bonds is 5. The average Bonchev–Trinajstić information content (AvgIpc) is 2.97. The van der Waals surface area contributed by atoms with Gasteiger partial charge in [0.05, 0.1) is 25.5 Å². The fraction of sp³-hybridized carbons (Fsp3) is 0.524. The maximum absolute atomic E-state index is 6.31. The molecule has 0 saturated carbocycles. The van der Waals surface area contributed by atoms with Gasteiger partial charge in [0.1, 0.15) is 11.4 Å². The summed E-state index contributed by atoms with van der Waals surface area (Å²) in [6.45, 7) is 7.80. The molecule has 2 aliphatic heterocycles. The quantitative estimate of drug-likeness (QED) is 0.875. The van der Waals surface area contributed by atoms with Crippen LogP contribution in [0.25, 0.3) is 0 Å². The minimum Gasteiger partial charge on any atom is -0.377 e. The second-order valence-electron chi connectivity index (χ2n) is 7.75. The second kappa shape index (κ2) is 8.33. The average molecular weight is 368 g/mol. The van der Waals surface area contributed by atoms with Gasteiger partial charge in [-0.25, -0.2) is 0 Å². The van der Waals surface area contributed by atoms with E-state index < -0.39 is 0 Å². The lowest BCUT2D eigenvalue weighted by molar-refractivity contribution is -0.0562. The van der Waals surface area contributed by atoms with Crippen LogP contribution < -0.4 is 5.32 Å². The Hall–Kier alpha value is -2.02. The Labute approximate surface area is 160 Å². The molecule has 6 nitrogen and oxygen atoms in total. The first-order valence-electron chi connectivity index (χ1n) is 9.73. The second-order valence-corrected chi connectivity index (χ2v) is 7.75. The van der Waals surface area contributed by atoms with E-state index in [-0.39, 0.29) is 5.60 Å². The molecule has 2 fully saturated rings. The molecule has 1 spiro atoms. The highest BCUT2D eigenvalue weighted by molar-refractivity contribution is 5.32. The van der Waals surface area contributed by atoms with E-state index in [4.69, 9.17) is 9.47 Å². The molecule has 6 heteroatoms. The van der Waals surface area contributed by atoms with E-state index in [1.54, 1.807) is 0 Å². The summed E-state index contributed by atoms with van der Waals surface area (Å²) in [6.07, 6.45) is 1.00. The van der Waals surface area contributed by atoms with Crippen LogP contribution in [-0.2, 0) is 16.0 Å². The molecule has 2 aromatic rings. The molecule has 27 heavy (non-hydrogen) atoms. The number of hydrogen-bond donors (Lipinski definition) is 1. The van der Waals surface area contributed by atoms with Gasteiger partial charge in [0.15, 0.2) is 0 Å². The summed E-state index contributed by atoms with van der Waals surface area (Å²) in [4.78, 5) is 2.46. The Kier molecular flexibility index (Phi) is 5.66. The molecule has 1 aromatic heterocycles. The zero-order valence-corrected chi connectivity index (χ0v) is 15.9. The Morgan fingerprint density at radius 1 is 1.19 bits per heavy atom. The van der Waals surface area contributed by atoms with Gasteiger partial charge < -0.3 is 14.8 Å². The van der Waals surface area contributed by atoms with Crippen molar-refractivity contribution in [3.05, 3.63) is 53.7 Å². The number of anilines is 1. The molecule has 144 valence electrons. The van der Waals surface area contributed by atoms with Crippen LogP contribution in [0.2, 0.25) is 0 Å². The van der Waals surface area contributed by atoms with E-state index in [2.05, 4.69) is 50.7 Å². The third-order valence-electron chi connectivity index (χ3n) is 5.33. The molecule has 2 saturated heterocycles. The first-order chi connectivity index (χ1) is 13.2. The minimum absolute atomic E-state index is 0.198. The van der Waals surface area contributed by atoms with Crippen molar-refractivity contribution in [1.29, 1.82) is 0 Å². The summed E-state index contributed by atoms with van der Waals surface area (Å²) in [7, 11) is 0. The molecule has 2 aliphatic rings. The molecule has 4 rings (SSSR count). The van der Waals surface area contributed by atoms with Gasteiger partial charge in [-0.3, -0.25) is 4.90 Å². The molecule has 1 aromatic carbocycles. The Balaban J connectivity index is 1.34. The SMILES string of the molecule is Cc1ccc(NC[C@H]2CO[C@@]3(COCCN(Cc4ccccc4)C3)C2)nn1. The van der Waals surface area contributed by atoms with Gasteiger partial charge in [-0.2, -0.15) is 5.10 Å². The molecule has 0 radical (unpaired) electrons. The van der Waals surface area contributed by atoms with Gasteiger partial charge >= 0.3 is 0 Å². The van der Waals surface area contributed by atoms with Crippen molar-refractivity contribution in [3.8, 4) is 0 Å².